The lowest BCUT2D eigenvalue weighted by Crippen LogP contribution is -2.30. The Bertz CT molecular complexity index is 587. The number of ether oxygens (including phenoxy) is 1. The summed E-state index contributed by atoms with van der Waals surface area (Å²) in [6.07, 6.45) is 2.36. The summed E-state index contributed by atoms with van der Waals surface area (Å²) in [5.41, 5.74) is 1.79. The third-order valence-electron chi connectivity index (χ3n) is 3.03. The molecule has 1 aromatic carbocycles. The summed E-state index contributed by atoms with van der Waals surface area (Å²) in [7, 11) is 2.94. The minimum absolute atomic E-state index is 0.373. The van der Waals surface area contributed by atoms with E-state index in [1.165, 1.54) is 19.7 Å². The van der Waals surface area contributed by atoms with Gasteiger partial charge in [0.2, 0.25) is 5.88 Å². The highest BCUT2D eigenvalue weighted by molar-refractivity contribution is 5.88. The first kappa shape index (κ1) is 15.8. The maximum atomic E-state index is 11.6. The molecule has 2 amide bonds. The quantitative estimate of drug-likeness (QED) is 0.833. The number of hydroxylamine groups is 2. The molecule has 0 fully saturated rings. The summed E-state index contributed by atoms with van der Waals surface area (Å²) < 4.78 is 5.58. The molecule has 0 aliphatic heterocycles. The normalized spacial score (nSPS) is 10.1. The van der Waals surface area contributed by atoms with Crippen LogP contribution in [0.25, 0.3) is 0 Å². The molecule has 0 atom stereocenters. The second kappa shape index (κ2) is 7.99. The van der Waals surface area contributed by atoms with Crippen LogP contribution in [-0.4, -0.2) is 36.8 Å². The number of urea groups is 1. The number of nitrogens with zero attached hydrogens (tertiary/aromatic N) is 2. The van der Waals surface area contributed by atoms with E-state index in [1.54, 1.807) is 18.3 Å². The zero-order valence-corrected chi connectivity index (χ0v) is 12.7. The number of nitrogens with one attached hydrogen (secondary N) is 1. The van der Waals surface area contributed by atoms with Crippen molar-refractivity contribution < 1.29 is 14.4 Å². The number of rotatable bonds is 6. The minimum Gasteiger partial charge on any atom is -0.477 e. The second-order valence-electron chi connectivity index (χ2n) is 4.58. The first-order chi connectivity index (χ1) is 10.7. The van der Waals surface area contributed by atoms with E-state index in [-0.39, 0.29) is 6.03 Å². The molecule has 116 valence electrons. The number of benzene rings is 1. The van der Waals surface area contributed by atoms with Gasteiger partial charge in [-0.15, -0.1) is 0 Å². The smallest absolute Gasteiger partial charge is 0.345 e. The number of carbonyl (C=O) groups excluding carboxylic acids is 1. The fraction of sp³-hybridized carbons (Fsp3) is 0.250. The average molecular weight is 301 g/mol. The minimum atomic E-state index is -0.373. The van der Waals surface area contributed by atoms with Gasteiger partial charge in [-0.1, -0.05) is 30.3 Å². The molecule has 22 heavy (non-hydrogen) atoms. The third-order valence-corrected chi connectivity index (χ3v) is 3.03. The van der Waals surface area contributed by atoms with Crippen LogP contribution in [0.5, 0.6) is 5.88 Å². The van der Waals surface area contributed by atoms with Gasteiger partial charge in [0.15, 0.2) is 0 Å². The molecule has 6 nitrogen and oxygen atoms in total. The van der Waals surface area contributed by atoms with E-state index in [0.29, 0.717) is 18.2 Å². The Morgan fingerprint density at radius 1 is 1.23 bits per heavy atom. The Kier molecular flexibility index (Phi) is 5.73. The first-order valence-electron chi connectivity index (χ1n) is 6.90. The molecule has 6 heteroatoms. The fourth-order valence-electron chi connectivity index (χ4n) is 1.74. The zero-order chi connectivity index (χ0) is 15.8. The van der Waals surface area contributed by atoms with E-state index in [1.807, 2.05) is 18.2 Å². The highest BCUT2D eigenvalue weighted by Gasteiger charge is 2.07. The number of anilines is 1. The van der Waals surface area contributed by atoms with Crippen LogP contribution in [0, 0.1) is 0 Å². The van der Waals surface area contributed by atoms with Crippen LogP contribution in [0.4, 0.5) is 10.5 Å². The molecule has 1 aromatic heterocycles. The van der Waals surface area contributed by atoms with Crippen molar-refractivity contribution in [3.8, 4) is 5.88 Å². The summed E-state index contributed by atoms with van der Waals surface area (Å²) >= 11 is 0. The topological polar surface area (TPSA) is 63.7 Å². The number of amides is 2. The van der Waals surface area contributed by atoms with Gasteiger partial charge >= 0.3 is 6.03 Å². The summed E-state index contributed by atoms with van der Waals surface area (Å²) in [5, 5.41) is 3.73. The van der Waals surface area contributed by atoms with Crippen molar-refractivity contribution in [3.63, 3.8) is 0 Å². The lowest BCUT2D eigenvalue weighted by atomic mass is 10.2. The Hall–Kier alpha value is -2.60. The van der Waals surface area contributed by atoms with Crippen molar-refractivity contribution in [2.45, 2.75) is 6.42 Å². The molecule has 0 aliphatic rings. The fourth-order valence-corrected chi connectivity index (χ4v) is 1.74. The summed E-state index contributed by atoms with van der Waals surface area (Å²) in [5.74, 6) is 0.522. The van der Waals surface area contributed by atoms with Crippen LogP contribution < -0.4 is 10.1 Å². The van der Waals surface area contributed by atoms with Crippen molar-refractivity contribution >= 4 is 11.7 Å². The van der Waals surface area contributed by atoms with Crippen LogP contribution >= 0.6 is 0 Å². The van der Waals surface area contributed by atoms with Gasteiger partial charge in [0.05, 0.1) is 25.6 Å². The van der Waals surface area contributed by atoms with Crippen LogP contribution in [0.2, 0.25) is 0 Å². The van der Waals surface area contributed by atoms with E-state index in [9.17, 15) is 4.79 Å². The monoisotopic (exact) mass is 301 g/mol. The van der Waals surface area contributed by atoms with Gasteiger partial charge in [-0.2, -0.15) is 0 Å². The van der Waals surface area contributed by atoms with Gasteiger partial charge < -0.3 is 10.1 Å². The number of carbonyl (C=O) groups is 1. The van der Waals surface area contributed by atoms with Crippen molar-refractivity contribution in [1.82, 2.24) is 10.0 Å². The highest BCUT2D eigenvalue weighted by atomic mass is 16.7. The van der Waals surface area contributed by atoms with Crippen molar-refractivity contribution in [3.05, 3.63) is 54.2 Å². The first-order valence-corrected chi connectivity index (χ1v) is 6.90. The van der Waals surface area contributed by atoms with Gasteiger partial charge in [0.25, 0.3) is 0 Å². The van der Waals surface area contributed by atoms with Crippen molar-refractivity contribution in [1.29, 1.82) is 0 Å². The van der Waals surface area contributed by atoms with E-state index in [4.69, 9.17) is 9.57 Å². The van der Waals surface area contributed by atoms with Gasteiger partial charge in [0.1, 0.15) is 0 Å². The van der Waals surface area contributed by atoms with Crippen LogP contribution in [0.3, 0.4) is 0 Å². The van der Waals surface area contributed by atoms with Gasteiger partial charge in [-0.3, -0.25) is 4.84 Å². The summed E-state index contributed by atoms with van der Waals surface area (Å²) in [6, 6.07) is 13.2. The molecule has 0 bridgehead atoms. The number of hydrogen-bond donors (Lipinski definition) is 1. The predicted octanol–water partition coefficient (Wildman–Crippen LogP) is 2.73. The number of aromatic nitrogens is 1. The number of pyridine rings is 1. The van der Waals surface area contributed by atoms with E-state index >= 15 is 0 Å². The lowest BCUT2D eigenvalue weighted by molar-refractivity contribution is -0.0598. The molecular weight excluding hydrogens is 282 g/mol. The molecule has 0 aliphatic carbocycles. The molecule has 0 saturated heterocycles. The molecule has 1 N–H and O–H groups in total. The Labute approximate surface area is 129 Å². The molecule has 2 rings (SSSR count). The summed E-state index contributed by atoms with van der Waals surface area (Å²) in [6.45, 7) is 0.551. The van der Waals surface area contributed by atoms with Gasteiger partial charge in [0, 0.05) is 19.5 Å². The average Bonchev–Trinajstić information content (AvgIpc) is 2.56. The van der Waals surface area contributed by atoms with E-state index in [2.05, 4.69) is 22.4 Å². The van der Waals surface area contributed by atoms with Crippen molar-refractivity contribution in [2.75, 3.05) is 26.1 Å². The predicted molar refractivity (Wildman–Crippen MR) is 83.7 cm³/mol. The zero-order valence-electron chi connectivity index (χ0n) is 12.7. The van der Waals surface area contributed by atoms with Gasteiger partial charge in [-0.05, 0) is 11.6 Å². The molecule has 0 radical (unpaired) electrons. The van der Waals surface area contributed by atoms with Crippen LogP contribution in [-0.2, 0) is 11.3 Å². The molecule has 0 unspecified atom stereocenters. The second-order valence-corrected chi connectivity index (χ2v) is 4.58. The van der Waals surface area contributed by atoms with E-state index in [0.717, 1.165) is 11.5 Å². The van der Waals surface area contributed by atoms with Crippen LogP contribution in [0.15, 0.2) is 48.7 Å². The van der Waals surface area contributed by atoms with Gasteiger partial charge in [-0.25, -0.2) is 14.8 Å². The van der Waals surface area contributed by atoms with Crippen molar-refractivity contribution in [2.24, 2.45) is 0 Å². The molecule has 0 saturated carbocycles. The Morgan fingerprint density at radius 2 is 2.00 bits per heavy atom. The third kappa shape index (κ3) is 4.75. The highest BCUT2D eigenvalue weighted by Crippen LogP contribution is 2.12. The maximum Gasteiger partial charge on any atom is 0.345 e. The Morgan fingerprint density at radius 3 is 2.64 bits per heavy atom. The largest absolute Gasteiger partial charge is 0.477 e. The standard InChI is InChI=1S/C16H19N3O3/c1-19(21-2)16(20)18-14-8-9-15(17-12-14)22-11-10-13-6-4-3-5-7-13/h3-9,12H,10-11H2,1-2H3,(H,18,20). The molecular formula is C16H19N3O3. The summed E-state index contributed by atoms with van der Waals surface area (Å²) in [4.78, 5) is 20.5. The Balaban J connectivity index is 1.80. The number of hydrogen-bond acceptors (Lipinski definition) is 4. The van der Waals surface area contributed by atoms with E-state index < -0.39 is 0 Å². The maximum absolute atomic E-state index is 11.6. The lowest BCUT2D eigenvalue weighted by Gasteiger charge is -2.14. The SMILES string of the molecule is CON(C)C(=O)Nc1ccc(OCCc2ccccc2)nc1. The molecule has 1 heterocycles. The molecule has 2 aromatic rings. The van der Waals surface area contributed by atoms with Crippen LogP contribution in [0.1, 0.15) is 5.56 Å². The molecule has 0 spiro atoms.